The maximum atomic E-state index is 10.4. The van der Waals surface area contributed by atoms with Crippen molar-refractivity contribution < 1.29 is 5.11 Å². The van der Waals surface area contributed by atoms with Crippen LogP contribution in [0.15, 0.2) is 0 Å². The minimum absolute atomic E-state index is 0.349. The van der Waals surface area contributed by atoms with Crippen LogP contribution in [0.3, 0.4) is 0 Å². The van der Waals surface area contributed by atoms with Gasteiger partial charge in [0.15, 0.2) is 0 Å². The fraction of sp³-hybridized carbons (Fsp3) is 1.00. The molecule has 1 aliphatic heterocycles. The number of hydrogen-bond acceptors (Lipinski definition) is 3. The van der Waals surface area contributed by atoms with Gasteiger partial charge in [0.1, 0.15) is 0 Å². The largest absolute Gasteiger partial charge is 0.389 e. The Labute approximate surface area is 106 Å². The minimum Gasteiger partial charge on any atom is -0.389 e. The first-order valence-corrected chi connectivity index (χ1v) is 7.31. The molecule has 0 aromatic rings. The smallest absolute Gasteiger partial charge is 0.0774 e. The fourth-order valence-corrected chi connectivity index (χ4v) is 3.39. The van der Waals surface area contributed by atoms with Gasteiger partial charge < -0.3 is 15.3 Å². The van der Waals surface area contributed by atoms with Gasteiger partial charge in [-0.05, 0) is 64.7 Å². The molecule has 2 aliphatic rings. The SMILES string of the molecule is CNCCC1CCN(CC2(O)CCCC2)CC1. The molecule has 3 nitrogen and oxygen atoms in total. The summed E-state index contributed by atoms with van der Waals surface area (Å²) in [5, 5.41) is 13.6. The number of nitrogens with zero attached hydrogens (tertiary/aromatic N) is 1. The lowest BCUT2D eigenvalue weighted by Crippen LogP contribution is -2.44. The molecule has 2 rings (SSSR count). The van der Waals surface area contributed by atoms with E-state index >= 15 is 0 Å². The zero-order valence-electron chi connectivity index (χ0n) is 11.2. The second-order valence-electron chi connectivity index (χ2n) is 6.04. The zero-order chi connectivity index (χ0) is 12.1. The van der Waals surface area contributed by atoms with E-state index in [2.05, 4.69) is 10.2 Å². The normalized spacial score (nSPS) is 26.5. The van der Waals surface area contributed by atoms with Gasteiger partial charge in [0.25, 0.3) is 0 Å². The maximum Gasteiger partial charge on any atom is 0.0774 e. The second kappa shape index (κ2) is 6.17. The molecular formula is C14H28N2O. The molecule has 1 aliphatic carbocycles. The van der Waals surface area contributed by atoms with E-state index in [-0.39, 0.29) is 5.60 Å². The Morgan fingerprint density at radius 1 is 1.24 bits per heavy atom. The van der Waals surface area contributed by atoms with Crippen molar-refractivity contribution in [1.29, 1.82) is 0 Å². The van der Waals surface area contributed by atoms with E-state index in [4.69, 9.17) is 0 Å². The van der Waals surface area contributed by atoms with Crippen molar-refractivity contribution in [2.24, 2.45) is 5.92 Å². The molecule has 0 aromatic carbocycles. The molecule has 0 spiro atoms. The molecule has 17 heavy (non-hydrogen) atoms. The summed E-state index contributed by atoms with van der Waals surface area (Å²) in [4.78, 5) is 2.49. The highest BCUT2D eigenvalue weighted by molar-refractivity contribution is 4.88. The Kier molecular flexibility index (Phi) is 4.83. The van der Waals surface area contributed by atoms with E-state index in [1.165, 1.54) is 45.2 Å². The van der Waals surface area contributed by atoms with Gasteiger partial charge in [-0.3, -0.25) is 0 Å². The molecule has 2 fully saturated rings. The molecule has 0 unspecified atom stereocenters. The third-order valence-electron chi connectivity index (χ3n) is 4.56. The lowest BCUT2D eigenvalue weighted by molar-refractivity contribution is -0.000142. The molecule has 1 saturated carbocycles. The Morgan fingerprint density at radius 2 is 1.88 bits per heavy atom. The van der Waals surface area contributed by atoms with Crippen LogP contribution in [-0.2, 0) is 0 Å². The average molecular weight is 240 g/mol. The molecule has 0 radical (unpaired) electrons. The van der Waals surface area contributed by atoms with Crippen molar-refractivity contribution in [3.63, 3.8) is 0 Å². The Hall–Kier alpha value is -0.120. The quantitative estimate of drug-likeness (QED) is 0.766. The van der Waals surface area contributed by atoms with Crippen molar-refractivity contribution in [2.75, 3.05) is 33.2 Å². The van der Waals surface area contributed by atoms with E-state index in [1.807, 2.05) is 7.05 Å². The van der Waals surface area contributed by atoms with E-state index in [9.17, 15) is 5.11 Å². The highest BCUT2D eigenvalue weighted by Crippen LogP contribution is 2.31. The molecule has 0 amide bonds. The number of likely N-dealkylation sites (tertiary alicyclic amines) is 1. The van der Waals surface area contributed by atoms with E-state index in [1.54, 1.807) is 0 Å². The summed E-state index contributed by atoms with van der Waals surface area (Å²) < 4.78 is 0. The second-order valence-corrected chi connectivity index (χ2v) is 6.04. The van der Waals surface area contributed by atoms with Gasteiger partial charge in [-0.2, -0.15) is 0 Å². The monoisotopic (exact) mass is 240 g/mol. The number of piperidine rings is 1. The van der Waals surface area contributed by atoms with Crippen LogP contribution in [-0.4, -0.2) is 48.8 Å². The summed E-state index contributed by atoms with van der Waals surface area (Å²) in [6.07, 6.45) is 8.42. The summed E-state index contributed by atoms with van der Waals surface area (Å²) in [6, 6.07) is 0. The number of β-amino-alcohol motifs (C(OH)–C–C–N with tert-alkyl or cyclic N) is 1. The Balaban J connectivity index is 1.68. The van der Waals surface area contributed by atoms with E-state index in [0.29, 0.717) is 0 Å². The predicted molar refractivity (Wildman–Crippen MR) is 71.1 cm³/mol. The van der Waals surface area contributed by atoms with Crippen molar-refractivity contribution in [2.45, 2.75) is 50.5 Å². The lowest BCUT2D eigenvalue weighted by atomic mass is 9.92. The number of aliphatic hydroxyl groups is 1. The highest BCUT2D eigenvalue weighted by atomic mass is 16.3. The van der Waals surface area contributed by atoms with Crippen LogP contribution < -0.4 is 5.32 Å². The van der Waals surface area contributed by atoms with Gasteiger partial charge in [0.05, 0.1) is 5.60 Å². The van der Waals surface area contributed by atoms with Crippen LogP contribution in [0.4, 0.5) is 0 Å². The Morgan fingerprint density at radius 3 is 2.47 bits per heavy atom. The van der Waals surface area contributed by atoms with Crippen LogP contribution in [0, 0.1) is 5.92 Å². The fourth-order valence-electron chi connectivity index (χ4n) is 3.39. The van der Waals surface area contributed by atoms with Crippen molar-refractivity contribution >= 4 is 0 Å². The average Bonchev–Trinajstić information content (AvgIpc) is 2.75. The van der Waals surface area contributed by atoms with Crippen LogP contribution in [0.25, 0.3) is 0 Å². The van der Waals surface area contributed by atoms with Gasteiger partial charge in [-0.1, -0.05) is 12.8 Å². The van der Waals surface area contributed by atoms with Crippen LogP contribution in [0.5, 0.6) is 0 Å². The van der Waals surface area contributed by atoms with Gasteiger partial charge >= 0.3 is 0 Å². The predicted octanol–water partition coefficient (Wildman–Crippen LogP) is 1.61. The van der Waals surface area contributed by atoms with Gasteiger partial charge in [-0.15, -0.1) is 0 Å². The minimum atomic E-state index is -0.349. The first kappa shape index (κ1) is 13.3. The van der Waals surface area contributed by atoms with E-state index < -0.39 is 0 Å². The molecule has 0 atom stereocenters. The van der Waals surface area contributed by atoms with Crippen LogP contribution >= 0.6 is 0 Å². The van der Waals surface area contributed by atoms with Crippen molar-refractivity contribution in [1.82, 2.24) is 10.2 Å². The first-order valence-electron chi connectivity index (χ1n) is 7.31. The van der Waals surface area contributed by atoms with Gasteiger partial charge in [-0.25, -0.2) is 0 Å². The molecule has 0 bridgehead atoms. The van der Waals surface area contributed by atoms with Crippen LogP contribution in [0.2, 0.25) is 0 Å². The van der Waals surface area contributed by atoms with E-state index in [0.717, 1.165) is 31.8 Å². The molecule has 0 aromatic heterocycles. The molecule has 1 saturated heterocycles. The van der Waals surface area contributed by atoms with Gasteiger partial charge in [0, 0.05) is 6.54 Å². The lowest BCUT2D eigenvalue weighted by Gasteiger charge is -2.36. The molecule has 3 heteroatoms. The number of nitrogens with one attached hydrogen (secondary N) is 1. The topological polar surface area (TPSA) is 35.5 Å². The summed E-state index contributed by atoms with van der Waals surface area (Å²) in [6.45, 7) is 4.45. The maximum absolute atomic E-state index is 10.4. The third-order valence-corrected chi connectivity index (χ3v) is 4.56. The van der Waals surface area contributed by atoms with Crippen LogP contribution in [0.1, 0.15) is 44.9 Å². The Bertz CT molecular complexity index is 218. The molecule has 2 N–H and O–H groups in total. The number of hydrogen-bond donors (Lipinski definition) is 2. The third kappa shape index (κ3) is 3.94. The zero-order valence-corrected chi connectivity index (χ0v) is 11.2. The summed E-state index contributed by atoms with van der Waals surface area (Å²) in [5.41, 5.74) is -0.349. The molecule has 100 valence electrons. The summed E-state index contributed by atoms with van der Waals surface area (Å²) in [7, 11) is 2.03. The van der Waals surface area contributed by atoms with Crippen molar-refractivity contribution in [3.8, 4) is 0 Å². The molecule has 1 heterocycles. The number of rotatable bonds is 5. The summed E-state index contributed by atoms with van der Waals surface area (Å²) in [5.74, 6) is 0.900. The summed E-state index contributed by atoms with van der Waals surface area (Å²) >= 11 is 0. The molecular weight excluding hydrogens is 212 g/mol. The van der Waals surface area contributed by atoms with Gasteiger partial charge in [0.2, 0.25) is 0 Å². The van der Waals surface area contributed by atoms with Crippen molar-refractivity contribution in [3.05, 3.63) is 0 Å². The standard InChI is InChI=1S/C14H28N2O/c1-15-9-4-13-5-10-16(11-6-13)12-14(17)7-2-3-8-14/h13,15,17H,2-12H2,1H3. The first-order chi connectivity index (χ1) is 8.22. The highest BCUT2D eigenvalue weighted by Gasteiger charge is 2.33.